The van der Waals surface area contributed by atoms with Gasteiger partial charge >= 0.3 is 11.7 Å². The summed E-state index contributed by atoms with van der Waals surface area (Å²) in [5.74, 6) is 0.609. The lowest BCUT2D eigenvalue weighted by molar-refractivity contribution is 0.262. The molecule has 0 spiro atoms. The normalized spacial score (nSPS) is 10.6. The van der Waals surface area contributed by atoms with Crippen LogP contribution < -0.4 is 21.1 Å². The van der Waals surface area contributed by atoms with Gasteiger partial charge in [-0.3, -0.25) is 0 Å². The molecule has 0 bridgehead atoms. The van der Waals surface area contributed by atoms with Crippen LogP contribution in [0.4, 0.5) is 16.2 Å². The van der Waals surface area contributed by atoms with E-state index in [2.05, 4.69) is 20.6 Å². The molecule has 4 N–H and O–H groups in total. The van der Waals surface area contributed by atoms with Gasteiger partial charge in [-0.05, 0) is 43.7 Å². The molecule has 0 aliphatic carbocycles. The predicted molar refractivity (Wildman–Crippen MR) is 93.9 cm³/mol. The van der Waals surface area contributed by atoms with Gasteiger partial charge in [0.15, 0.2) is 0 Å². The number of benzene rings is 2. The standard InChI is InChI=1S/C17H18N4O3/c1-3-24-15-7-5-4-6-11(15)18-16(22)19-12-9-14-13(8-10(12)2)20-17(23)21-14/h4-9H,3H2,1-2H3,(H2,18,19,22)(H2,20,21,23). The van der Waals surface area contributed by atoms with Crippen LogP contribution in [0.5, 0.6) is 5.75 Å². The summed E-state index contributed by atoms with van der Waals surface area (Å²) in [6.45, 7) is 4.25. The third-order valence-corrected chi connectivity index (χ3v) is 3.54. The van der Waals surface area contributed by atoms with Crippen LogP contribution in [0.2, 0.25) is 0 Å². The number of H-pyrrole nitrogens is 2. The molecule has 0 unspecified atom stereocenters. The van der Waals surface area contributed by atoms with E-state index >= 15 is 0 Å². The van der Waals surface area contributed by atoms with Gasteiger partial charge in [-0.1, -0.05) is 12.1 Å². The Labute approximate surface area is 138 Å². The SMILES string of the molecule is CCOc1ccccc1NC(=O)Nc1cc2[nH]c(=O)[nH]c2cc1C. The molecule has 7 heteroatoms. The van der Waals surface area contributed by atoms with Gasteiger partial charge in [0.1, 0.15) is 5.75 Å². The van der Waals surface area contributed by atoms with Crippen molar-refractivity contribution in [1.82, 2.24) is 9.97 Å². The van der Waals surface area contributed by atoms with E-state index in [1.807, 2.05) is 26.0 Å². The maximum atomic E-state index is 12.3. The molecule has 3 rings (SSSR count). The Bertz CT molecular complexity index is 942. The zero-order valence-corrected chi connectivity index (χ0v) is 13.4. The number of hydrogen-bond donors (Lipinski definition) is 4. The van der Waals surface area contributed by atoms with Crippen molar-refractivity contribution in [2.24, 2.45) is 0 Å². The van der Waals surface area contributed by atoms with Gasteiger partial charge in [0.25, 0.3) is 0 Å². The predicted octanol–water partition coefficient (Wildman–Crippen LogP) is 3.21. The summed E-state index contributed by atoms with van der Waals surface area (Å²) < 4.78 is 5.49. The number of urea groups is 1. The van der Waals surface area contributed by atoms with Crippen LogP contribution in [0, 0.1) is 6.92 Å². The van der Waals surface area contributed by atoms with E-state index < -0.39 is 0 Å². The first-order chi connectivity index (χ1) is 11.6. The highest BCUT2D eigenvalue weighted by atomic mass is 16.5. The van der Waals surface area contributed by atoms with Crippen molar-refractivity contribution in [2.45, 2.75) is 13.8 Å². The van der Waals surface area contributed by atoms with Gasteiger partial charge in [-0.15, -0.1) is 0 Å². The number of imidazole rings is 1. The Kier molecular flexibility index (Phi) is 4.24. The maximum Gasteiger partial charge on any atom is 0.323 e. The summed E-state index contributed by atoms with van der Waals surface area (Å²) in [5.41, 5.74) is 3.10. The molecule has 0 saturated heterocycles. The zero-order chi connectivity index (χ0) is 17.1. The Morgan fingerprint density at radius 1 is 1.08 bits per heavy atom. The van der Waals surface area contributed by atoms with Crippen molar-refractivity contribution in [3.8, 4) is 5.75 Å². The highest BCUT2D eigenvalue weighted by Gasteiger charge is 2.10. The fourth-order valence-corrected chi connectivity index (χ4v) is 2.45. The average Bonchev–Trinajstić information content (AvgIpc) is 2.89. The molecule has 2 amide bonds. The van der Waals surface area contributed by atoms with E-state index in [0.29, 0.717) is 34.8 Å². The molecule has 0 radical (unpaired) electrons. The third-order valence-electron chi connectivity index (χ3n) is 3.54. The van der Waals surface area contributed by atoms with E-state index in [1.54, 1.807) is 24.3 Å². The summed E-state index contributed by atoms with van der Waals surface area (Å²) >= 11 is 0. The molecule has 124 valence electrons. The molecule has 3 aromatic rings. The lowest BCUT2D eigenvalue weighted by atomic mass is 10.2. The van der Waals surface area contributed by atoms with Crippen molar-refractivity contribution in [3.05, 3.63) is 52.4 Å². The fraction of sp³-hybridized carbons (Fsp3) is 0.176. The maximum absolute atomic E-state index is 12.3. The number of hydrogen-bond acceptors (Lipinski definition) is 3. The van der Waals surface area contributed by atoms with Crippen LogP contribution in [0.3, 0.4) is 0 Å². The number of anilines is 2. The van der Waals surface area contributed by atoms with E-state index in [1.165, 1.54) is 0 Å². The first kappa shape index (κ1) is 15.7. The highest BCUT2D eigenvalue weighted by Crippen LogP contribution is 2.25. The van der Waals surface area contributed by atoms with Crippen molar-refractivity contribution >= 4 is 28.4 Å². The Balaban J connectivity index is 1.80. The van der Waals surface area contributed by atoms with Gasteiger partial charge in [-0.25, -0.2) is 9.59 Å². The summed E-state index contributed by atoms with van der Waals surface area (Å²) in [6, 6.07) is 10.4. The lowest BCUT2D eigenvalue weighted by Gasteiger charge is -2.13. The smallest absolute Gasteiger partial charge is 0.323 e. The number of nitrogens with one attached hydrogen (secondary N) is 4. The topological polar surface area (TPSA) is 99.0 Å². The van der Waals surface area contributed by atoms with E-state index in [4.69, 9.17) is 4.74 Å². The minimum Gasteiger partial charge on any atom is -0.492 e. The molecule has 0 fully saturated rings. The average molecular weight is 326 g/mol. The van der Waals surface area contributed by atoms with Crippen molar-refractivity contribution < 1.29 is 9.53 Å². The second kappa shape index (κ2) is 6.49. The molecule has 0 aliphatic heterocycles. The first-order valence-electron chi connectivity index (χ1n) is 7.59. The second-order valence-corrected chi connectivity index (χ2v) is 5.30. The number of aromatic amines is 2. The summed E-state index contributed by atoms with van der Waals surface area (Å²) in [6.07, 6.45) is 0. The number of aryl methyl sites for hydroxylation is 1. The lowest BCUT2D eigenvalue weighted by Crippen LogP contribution is -2.20. The molecule has 1 heterocycles. The summed E-state index contributed by atoms with van der Waals surface area (Å²) in [5, 5.41) is 5.56. The zero-order valence-electron chi connectivity index (χ0n) is 13.4. The second-order valence-electron chi connectivity index (χ2n) is 5.30. The molecule has 0 saturated carbocycles. The highest BCUT2D eigenvalue weighted by molar-refractivity contribution is 6.02. The van der Waals surface area contributed by atoms with Crippen molar-refractivity contribution in [3.63, 3.8) is 0 Å². The largest absolute Gasteiger partial charge is 0.492 e. The molecule has 0 aliphatic rings. The quantitative estimate of drug-likeness (QED) is 0.592. The molecule has 7 nitrogen and oxygen atoms in total. The Hall–Kier alpha value is -3.22. The summed E-state index contributed by atoms with van der Waals surface area (Å²) in [4.78, 5) is 29.0. The van der Waals surface area contributed by atoms with Crippen LogP contribution in [-0.2, 0) is 0 Å². The Morgan fingerprint density at radius 2 is 1.75 bits per heavy atom. The molecule has 1 aromatic heterocycles. The number of para-hydroxylation sites is 2. The van der Waals surface area contributed by atoms with Gasteiger partial charge in [0.2, 0.25) is 0 Å². The third kappa shape index (κ3) is 3.24. The van der Waals surface area contributed by atoms with Gasteiger partial charge in [-0.2, -0.15) is 0 Å². The number of carbonyl (C=O) groups excluding carboxylic acids is 1. The van der Waals surface area contributed by atoms with Gasteiger partial charge in [0, 0.05) is 5.69 Å². The minimum absolute atomic E-state index is 0.281. The van der Waals surface area contributed by atoms with Crippen LogP contribution in [0.1, 0.15) is 12.5 Å². The van der Waals surface area contributed by atoms with Gasteiger partial charge in [0.05, 0.1) is 23.3 Å². The van der Waals surface area contributed by atoms with Crippen LogP contribution in [0.15, 0.2) is 41.2 Å². The van der Waals surface area contributed by atoms with Crippen molar-refractivity contribution in [1.29, 1.82) is 0 Å². The number of fused-ring (bicyclic) bond motifs is 1. The molecule has 0 atom stereocenters. The molecule has 2 aromatic carbocycles. The molecular formula is C17H18N4O3. The van der Waals surface area contributed by atoms with E-state index in [0.717, 1.165) is 5.56 Å². The van der Waals surface area contributed by atoms with Gasteiger partial charge < -0.3 is 25.3 Å². The van der Waals surface area contributed by atoms with Crippen LogP contribution >= 0.6 is 0 Å². The number of ether oxygens (including phenoxy) is 1. The number of carbonyl (C=O) groups is 1. The Morgan fingerprint density at radius 3 is 2.50 bits per heavy atom. The van der Waals surface area contributed by atoms with Crippen LogP contribution in [-0.4, -0.2) is 22.6 Å². The monoisotopic (exact) mass is 326 g/mol. The molecular weight excluding hydrogens is 308 g/mol. The summed E-state index contributed by atoms with van der Waals surface area (Å²) in [7, 11) is 0. The molecule has 24 heavy (non-hydrogen) atoms. The number of aromatic nitrogens is 2. The first-order valence-corrected chi connectivity index (χ1v) is 7.59. The van der Waals surface area contributed by atoms with Crippen LogP contribution in [0.25, 0.3) is 11.0 Å². The minimum atomic E-state index is -0.387. The fourth-order valence-electron chi connectivity index (χ4n) is 2.45. The van der Waals surface area contributed by atoms with E-state index in [-0.39, 0.29) is 11.7 Å². The van der Waals surface area contributed by atoms with Crippen molar-refractivity contribution in [2.75, 3.05) is 17.2 Å². The van der Waals surface area contributed by atoms with E-state index in [9.17, 15) is 9.59 Å². The number of amides is 2. The number of rotatable bonds is 4.